The SMILES string of the molecule is CCCCNCCCc1ccc(C(=O)c2c(CCCC)oc3cc(C)c(C(=O)OC(C)C)cc23)cc1.O=C(O)C(=O)O. The Balaban J connectivity index is 0.000000928. The van der Waals surface area contributed by atoms with Crippen molar-refractivity contribution in [2.75, 3.05) is 13.1 Å². The summed E-state index contributed by atoms with van der Waals surface area (Å²) in [7, 11) is 0. The Labute approximate surface area is 247 Å². The summed E-state index contributed by atoms with van der Waals surface area (Å²) in [5.74, 6) is -3.41. The molecule has 0 aliphatic heterocycles. The first kappa shape index (κ1) is 34.2. The number of unbranched alkanes of at least 4 members (excludes halogenated alkanes) is 2. The summed E-state index contributed by atoms with van der Waals surface area (Å²) in [5, 5.41) is 18.9. The van der Waals surface area contributed by atoms with Crippen LogP contribution in [0.2, 0.25) is 0 Å². The minimum atomic E-state index is -1.82. The second kappa shape index (κ2) is 17.1. The summed E-state index contributed by atoms with van der Waals surface area (Å²) in [6.45, 7) is 11.9. The summed E-state index contributed by atoms with van der Waals surface area (Å²) in [4.78, 5) is 44.6. The van der Waals surface area contributed by atoms with Gasteiger partial charge in [-0.05, 0) is 82.8 Å². The molecule has 3 rings (SSSR count). The number of nitrogens with one attached hydrogen (secondary N) is 1. The van der Waals surface area contributed by atoms with Crippen molar-refractivity contribution in [3.05, 3.63) is 70.0 Å². The molecule has 0 fully saturated rings. The highest BCUT2D eigenvalue weighted by Gasteiger charge is 2.24. The lowest BCUT2D eigenvalue weighted by molar-refractivity contribution is -0.159. The molecule has 228 valence electrons. The quantitative estimate of drug-likeness (QED) is 0.0857. The van der Waals surface area contributed by atoms with Gasteiger partial charge < -0.3 is 24.7 Å². The number of carbonyl (C=O) groups is 4. The van der Waals surface area contributed by atoms with Gasteiger partial charge in [0.25, 0.3) is 0 Å². The molecule has 0 aliphatic rings. The van der Waals surface area contributed by atoms with Gasteiger partial charge in [-0.1, -0.05) is 51.0 Å². The fraction of sp³-hybridized carbons (Fsp3) is 0.455. The molecule has 42 heavy (non-hydrogen) atoms. The zero-order valence-electron chi connectivity index (χ0n) is 25.2. The van der Waals surface area contributed by atoms with Crippen molar-refractivity contribution in [3.8, 4) is 0 Å². The standard InChI is InChI=1S/C31H41NO4.C2H2O4/c1-6-8-12-27-29(26-20-25(31(34)35-21(3)4)22(5)19-28(26)36-27)30(33)24-15-13-23(14-16-24)11-10-18-32-17-9-7-2;3-1(4)2(5)6/h13-16,19-21,32H,6-12,17-18H2,1-5H3;(H,3,4)(H,5,6). The summed E-state index contributed by atoms with van der Waals surface area (Å²) in [6, 6.07) is 11.5. The number of carboxylic acids is 2. The first-order valence-corrected chi connectivity index (χ1v) is 14.6. The van der Waals surface area contributed by atoms with E-state index in [-0.39, 0.29) is 17.9 Å². The molecule has 0 saturated carbocycles. The van der Waals surface area contributed by atoms with Crippen molar-refractivity contribution < 1.29 is 38.5 Å². The van der Waals surface area contributed by atoms with E-state index in [4.69, 9.17) is 29.0 Å². The topological polar surface area (TPSA) is 143 Å². The maximum Gasteiger partial charge on any atom is 0.414 e. The summed E-state index contributed by atoms with van der Waals surface area (Å²) < 4.78 is 11.6. The minimum absolute atomic E-state index is 0.0698. The molecule has 0 bridgehead atoms. The highest BCUT2D eigenvalue weighted by Crippen LogP contribution is 2.32. The Kier molecular flexibility index (Phi) is 13.9. The number of benzene rings is 2. The highest BCUT2D eigenvalue weighted by molar-refractivity contribution is 6.27. The van der Waals surface area contributed by atoms with Crippen molar-refractivity contribution in [1.29, 1.82) is 0 Å². The third kappa shape index (κ3) is 10.1. The predicted octanol–water partition coefficient (Wildman–Crippen LogP) is 6.36. The van der Waals surface area contributed by atoms with Crippen LogP contribution in [0.4, 0.5) is 0 Å². The normalized spacial score (nSPS) is 10.8. The van der Waals surface area contributed by atoms with Crippen LogP contribution < -0.4 is 5.32 Å². The zero-order valence-corrected chi connectivity index (χ0v) is 25.2. The van der Waals surface area contributed by atoms with E-state index < -0.39 is 11.9 Å². The summed E-state index contributed by atoms with van der Waals surface area (Å²) >= 11 is 0. The molecule has 0 spiro atoms. The number of carbonyl (C=O) groups excluding carboxylic acids is 2. The van der Waals surface area contributed by atoms with Gasteiger partial charge in [0.05, 0.1) is 17.2 Å². The first-order valence-electron chi connectivity index (χ1n) is 14.6. The van der Waals surface area contributed by atoms with E-state index in [1.54, 1.807) is 6.07 Å². The van der Waals surface area contributed by atoms with Crippen LogP contribution in [0.15, 0.2) is 40.8 Å². The fourth-order valence-corrected chi connectivity index (χ4v) is 4.37. The second-order valence-electron chi connectivity index (χ2n) is 10.5. The molecule has 0 unspecified atom stereocenters. The number of aryl methyl sites for hydroxylation is 3. The molecule has 9 nitrogen and oxygen atoms in total. The van der Waals surface area contributed by atoms with Crippen molar-refractivity contribution >= 4 is 34.7 Å². The van der Waals surface area contributed by atoms with Gasteiger partial charge in [-0.25, -0.2) is 14.4 Å². The monoisotopic (exact) mass is 581 g/mol. The Morgan fingerprint density at radius 1 is 0.881 bits per heavy atom. The van der Waals surface area contributed by atoms with Crippen LogP contribution in [0.5, 0.6) is 0 Å². The van der Waals surface area contributed by atoms with Gasteiger partial charge in [0.2, 0.25) is 0 Å². The van der Waals surface area contributed by atoms with Gasteiger partial charge in [-0.15, -0.1) is 0 Å². The molecule has 0 aliphatic carbocycles. The number of hydrogen-bond donors (Lipinski definition) is 3. The number of rotatable bonds is 14. The number of furan rings is 1. The van der Waals surface area contributed by atoms with Crippen molar-refractivity contribution in [1.82, 2.24) is 5.32 Å². The van der Waals surface area contributed by atoms with E-state index in [1.165, 1.54) is 18.4 Å². The maximum atomic E-state index is 13.7. The molecule has 9 heteroatoms. The Hall–Kier alpha value is -3.98. The highest BCUT2D eigenvalue weighted by atomic mass is 16.5. The van der Waals surface area contributed by atoms with E-state index in [9.17, 15) is 9.59 Å². The van der Waals surface area contributed by atoms with Crippen molar-refractivity contribution in [2.45, 2.75) is 85.7 Å². The minimum Gasteiger partial charge on any atom is -0.473 e. The number of esters is 1. The summed E-state index contributed by atoms with van der Waals surface area (Å²) in [6.07, 6.45) is 6.84. The van der Waals surface area contributed by atoms with E-state index in [1.807, 2.05) is 51.1 Å². The van der Waals surface area contributed by atoms with E-state index in [2.05, 4.69) is 19.2 Å². The van der Waals surface area contributed by atoms with Crippen molar-refractivity contribution in [3.63, 3.8) is 0 Å². The predicted molar refractivity (Wildman–Crippen MR) is 161 cm³/mol. The molecule has 2 aromatic carbocycles. The smallest absolute Gasteiger partial charge is 0.414 e. The van der Waals surface area contributed by atoms with E-state index in [0.29, 0.717) is 39.8 Å². The van der Waals surface area contributed by atoms with Gasteiger partial charge in [-0.2, -0.15) is 0 Å². The first-order chi connectivity index (χ1) is 20.0. The molecule has 1 heterocycles. The lowest BCUT2D eigenvalue weighted by Crippen LogP contribution is -2.16. The third-order valence-corrected chi connectivity index (χ3v) is 6.58. The van der Waals surface area contributed by atoms with Crippen LogP contribution in [0.3, 0.4) is 0 Å². The average Bonchev–Trinajstić information content (AvgIpc) is 3.29. The molecule has 0 atom stereocenters. The number of hydrogen-bond acceptors (Lipinski definition) is 7. The molecule has 0 amide bonds. The van der Waals surface area contributed by atoms with E-state index >= 15 is 0 Å². The fourth-order valence-electron chi connectivity index (χ4n) is 4.37. The number of carboxylic acid groups (broad SMARTS) is 2. The lowest BCUT2D eigenvalue weighted by Gasteiger charge is -2.10. The molecule has 3 aromatic rings. The lowest BCUT2D eigenvalue weighted by atomic mass is 9.95. The molecule has 1 aromatic heterocycles. The van der Waals surface area contributed by atoms with Crippen LogP contribution in [0.25, 0.3) is 11.0 Å². The third-order valence-electron chi connectivity index (χ3n) is 6.58. The molecular weight excluding hydrogens is 538 g/mol. The number of ether oxygens (including phenoxy) is 1. The van der Waals surface area contributed by atoms with Gasteiger partial charge in [0, 0.05) is 17.4 Å². The molecular formula is C33H43NO8. The van der Waals surface area contributed by atoms with Crippen LogP contribution >= 0.6 is 0 Å². The number of fused-ring (bicyclic) bond motifs is 1. The molecule has 3 N–H and O–H groups in total. The van der Waals surface area contributed by atoms with Crippen LogP contribution in [-0.4, -0.2) is 53.1 Å². The second-order valence-corrected chi connectivity index (χ2v) is 10.5. The Bertz CT molecular complexity index is 1340. The number of ketones is 1. The van der Waals surface area contributed by atoms with Gasteiger partial charge in [0.15, 0.2) is 5.78 Å². The Morgan fingerprint density at radius 2 is 1.50 bits per heavy atom. The zero-order chi connectivity index (χ0) is 31.2. The van der Waals surface area contributed by atoms with Gasteiger partial charge >= 0.3 is 17.9 Å². The summed E-state index contributed by atoms with van der Waals surface area (Å²) in [5.41, 5.74) is 4.29. The van der Waals surface area contributed by atoms with Gasteiger partial charge in [0.1, 0.15) is 11.3 Å². The maximum absolute atomic E-state index is 13.7. The Morgan fingerprint density at radius 3 is 2.07 bits per heavy atom. The average molecular weight is 582 g/mol. The largest absolute Gasteiger partial charge is 0.473 e. The van der Waals surface area contributed by atoms with Gasteiger partial charge in [-0.3, -0.25) is 4.79 Å². The molecule has 0 saturated heterocycles. The molecule has 0 radical (unpaired) electrons. The van der Waals surface area contributed by atoms with Crippen molar-refractivity contribution in [2.24, 2.45) is 0 Å². The van der Waals surface area contributed by atoms with Crippen LogP contribution in [0, 0.1) is 6.92 Å². The number of aliphatic carboxylic acids is 2. The van der Waals surface area contributed by atoms with Crippen LogP contribution in [-0.2, 0) is 27.2 Å². The van der Waals surface area contributed by atoms with E-state index in [0.717, 1.165) is 44.3 Å². The van der Waals surface area contributed by atoms with Crippen LogP contribution in [0.1, 0.15) is 103 Å².